The topological polar surface area (TPSA) is 211 Å². The molecule has 7 N–H and O–H groups in total. The summed E-state index contributed by atoms with van der Waals surface area (Å²) in [6.07, 6.45) is -1.86. The smallest absolute Gasteiger partial charge is 0.335 e. The summed E-state index contributed by atoms with van der Waals surface area (Å²) in [5, 5.41) is 68.3. The molecule has 196 valence electrons. The summed E-state index contributed by atoms with van der Waals surface area (Å²) >= 11 is 0. The molecule has 0 aromatic heterocycles. The van der Waals surface area contributed by atoms with Crippen LogP contribution in [-0.4, -0.2) is 77.6 Å². The molecule has 12 nitrogen and oxygen atoms in total. The first-order chi connectivity index (χ1) is 17.4. The number of hydrogen-bond acceptors (Lipinski definition) is 11. The van der Waals surface area contributed by atoms with Crippen LogP contribution in [0.3, 0.4) is 0 Å². The first-order valence-electron chi connectivity index (χ1n) is 10.8. The van der Waals surface area contributed by atoms with Crippen LogP contribution in [0.1, 0.15) is 24.0 Å². The van der Waals surface area contributed by atoms with E-state index in [4.69, 9.17) is 9.47 Å². The largest absolute Gasteiger partial charge is 0.504 e. The molecule has 12 heteroatoms. The average molecular weight is 516 g/mol. The lowest BCUT2D eigenvalue weighted by atomic mass is 9.79. The van der Waals surface area contributed by atoms with E-state index in [-0.39, 0.29) is 11.5 Å². The van der Waals surface area contributed by atoms with Crippen molar-refractivity contribution in [2.75, 3.05) is 0 Å². The lowest BCUT2D eigenvalue weighted by molar-refractivity contribution is -0.203. The number of aliphatic carboxylic acids is 1. The molecular formula is C25H24O12. The standard InChI is InChI=1S/C25H24O12/c26-15-5-1-13(9-17(15)28)3-7-21(30)36-19-11-25(35,24(33)34)12-20(23(19)32)37-22(31)8-4-14-2-6-16(27)18(29)10-14/h1-10,19-20,23,26-29,32,35H,11-12H2,(H,33,34)/b7-3+,8-4+/t19-,20-,23?,25?/m0/s1. The van der Waals surface area contributed by atoms with Gasteiger partial charge in [-0.3, -0.25) is 0 Å². The van der Waals surface area contributed by atoms with Gasteiger partial charge in [-0.15, -0.1) is 0 Å². The molecule has 1 fully saturated rings. The fourth-order valence-corrected chi connectivity index (χ4v) is 3.62. The molecule has 1 saturated carbocycles. The fourth-order valence-electron chi connectivity index (χ4n) is 3.62. The Kier molecular flexibility index (Phi) is 8.05. The molecule has 0 unspecified atom stereocenters. The van der Waals surface area contributed by atoms with Crippen LogP contribution in [0.2, 0.25) is 0 Å². The number of aromatic hydroxyl groups is 4. The van der Waals surface area contributed by atoms with E-state index in [1.807, 2.05) is 0 Å². The molecule has 0 saturated heterocycles. The number of hydrogen-bond donors (Lipinski definition) is 7. The number of carbonyl (C=O) groups is 3. The number of esters is 2. The number of aliphatic hydroxyl groups excluding tert-OH is 1. The van der Waals surface area contributed by atoms with Crippen molar-refractivity contribution in [1.82, 2.24) is 0 Å². The van der Waals surface area contributed by atoms with E-state index in [1.54, 1.807) is 0 Å². The molecule has 2 aromatic rings. The highest BCUT2D eigenvalue weighted by Crippen LogP contribution is 2.33. The minimum Gasteiger partial charge on any atom is -0.504 e. The number of carbonyl (C=O) groups excluding carboxylic acids is 2. The number of phenols is 4. The highest BCUT2D eigenvalue weighted by molar-refractivity contribution is 5.88. The fraction of sp³-hybridized carbons (Fsp3) is 0.240. The van der Waals surface area contributed by atoms with Gasteiger partial charge >= 0.3 is 17.9 Å². The third kappa shape index (κ3) is 6.78. The van der Waals surface area contributed by atoms with E-state index < -0.39 is 66.2 Å². The van der Waals surface area contributed by atoms with Crippen molar-refractivity contribution in [3.05, 3.63) is 59.7 Å². The highest BCUT2D eigenvalue weighted by atomic mass is 16.6. The molecule has 0 spiro atoms. The summed E-state index contributed by atoms with van der Waals surface area (Å²) in [5.74, 6) is -5.31. The third-order valence-electron chi connectivity index (χ3n) is 5.60. The van der Waals surface area contributed by atoms with Gasteiger partial charge in [0, 0.05) is 25.0 Å². The Hall–Kier alpha value is -4.55. The Morgan fingerprint density at radius 1 is 0.757 bits per heavy atom. The monoisotopic (exact) mass is 516 g/mol. The molecule has 0 radical (unpaired) electrons. The summed E-state index contributed by atoms with van der Waals surface area (Å²) in [6, 6.07) is 7.49. The van der Waals surface area contributed by atoms with Crippen LogP contribution < -0.4 is 0 Å². The molecule has 37 heavy (non-hydrogen) atoms. The van der Waals surface area contributed by atoms with Gasteiger partial charge in [0.25, 0.3) is 0 Å². The number of benzene rings is 2. The van der Waals surface area contributed by atoms with E-state index in [0.29, 0.717) is 11.1 Å². The van der Waals surface area contributed by atoms with Gasteiger partial charge in [0.05, 0.1) is 0 Å². The SMILES string of the molecule is O=C(/C=C/c1ccc(O)c(O)c1)O[C@H]1CC(O)(C(=O)O)C[C@H](OC(=O)/C=C/c2ccc(O)c(O)c2)C1O. The van der Waals surface area contributed by atoms with Gasteiger partial charge in [-0.25, -0.2) is 14.4 Å². The van der Waals surface area contributed by atoms with E-state index in [0.717, 1.165) is 12.2 Å². The molecule has 2 atom stereocenters. The molecule has 3 rings (SSSR count). The van der Waals surface area contributed by atoms with Crippen molar-refractivity contribution < 1.29 is 59.6 Å². The quantitative estimate of drug-likeness (QED) is 0.156. The second-order valence-electron chi connectivity index (χ2n) is 8.35. The van der Waals surface area contributed by atoms with Gasteiger partial charge in [0.1, 0.15) is 18.3 Å². The Morgan fingerprint density at radius 3 is 1.51 bits per heavy atom. The van der Waals surface area contributed by atoms with Crippen molar-refractivity contribution in [3.63, 3.8) is 0 Å². The zero-order valence-electron chi connectivity index (χ0n) is 19.1. The van der Waals surface area contributed by atoms with Crippen LogP contribution in [0.4, 0.5) is 0 Å². The van der Waals surface area contributed by atoms with Crippen LogP contribution in [0.15, 0.2) is 48.6 Å². The van der Waals surface area contributed by atoms with Crippen LogP contribution in [0.25, 0.3) is 12.2 Å². The first-order valence-corrected chi connectivity index (χ1v) is 10.8. The summed E-state index contributed by atoms with van der Waals surface area (Å²) < 4.78 is 10.2. The number of carboxylic acids is 1. The van der Waals surface area contributed by atoms with Gasteiger partial charge in [-0.2, -0.15) is 0 Å². The molecule has 1 aliphatic carbocycles. The highest BCUT2D eigenvalue weighted by Gasteiger charge is 2.52. The van der Waals surface area contributed by atoms with Gasteiger partial charge < -0.3 is 45.2 Å². The zero-order chi connectivity index (χ0) is 27.3. The van der Waals surface area contributed by atoms with Gasteiger partial charge in [-0.05, 0) is 47.5 Å². The average Bonchev–Trinajstić information content (AvgIpc) is 2.83. The van der Waals surface area contributed by atoms with Gasteiger partial charge in [0.15, 0.2) is 28.6 Å². The van der Waals surface area contributed by atoms with Crippen LogP contribution >= 0.6 is 0 Å². The predicted octanol–water partition coefficient (Wildman–Crippen LogP) is 1.03. The summed E-state index contributed by atoms with van der Waals surface area (Å²) in [4.78, 5) is 36.2. The Labute approximate surface area is 209 Å². The predicted molar refractivity (Wildman–Crippen MR) is 125 cm³/mol. The maximum atomic E-state index is 12.3. The van der Waals surface area contributed by atoms with E-state index in [2.05, 4.69) is 0 Å². The molecule has 0 amide bonds. The first kappa shape index (κ1) is 27.0. The molecule has 0 heterocycles. The maximum Gasteiger partial charge on any atom is 0.335 e. The minimum absolute atomic E-state index is 0.319. The molecule has 0 aliphatic heterocycles. The lowest BCUT2D eigenvalue weighted by Crippen LogP contribution is -2.58. The molecule has 2 aromatic carbocycles. The summed E-state index contributed by atoms with van der Waals surface area (Å²) in [7, 11) is 0. The summed E-state index contributed by atoms with van der Waals surface area (Å²) in [5.41, 5.74) is -1.84. The van der Waals surface area contributed by atoms with Crippen LogP contribution in [-0.2, 0) is 23.9 Å². The van der Waals surface area contributed by atoms with Crippen molar-refractivity contribution >= 4 is 30.1 Å². The normalized spacial score (nSPS) is 23.7. The Morgan fingerprint density at radius 2 is 1.16 bits per heavy atom. The number of phenolic OH excluding ortho intramolecular Hbond substituents is 4. The van der Waals surface area contributed by atoms with E-state index in [1.165, 1.54) is 48.6 Å². The number of rotatable bonds is 7. The van der Waals surface area contributed by atoms with Crippen molar-refractivity contribution in [1.29, 1.82) is 0 Å². The van der Waals surface area contributed by atoms with Crippen molar-refractivity contribution in [2.45, 2.75) is 36.8 Å². The second kappa shape index (κ2) is 11.0. The van der Waals surface area contributed by atoms with Crippen molar-refractivity contribution in [2.24, 2.45) is 0 Å². The van der Waals surface area contributed by atoms with Crippen LogP contribution in [0, 0.1) is 0 Å². The summed E-state index contributed by atoms with van der Waals surface area (Å²) in [6.45, 7) is 0. The second-order valence-corrected chi connectivity index (χ2v) is 8.35. The Bertz CT molecular complexity index is 1160. The van der Waals surface area contributed by atoms with Gasteiger partial charge in [0.2, 0.25) is 0 Å². The molecular weight excluding hydrogens is 492 g/mol. The minimum atomic E-state index is -2.48. The molecule has 1 aliphatic rings. The number of aliphatic hydroxyl groups is 2. The van der Waals surface area contributed by atoms with E-state index in [9.17, 15) is 50.1 Å². The van der Waals surface area contributed by atoms with E-state index >= 15 is 0 Å². The van der Waals surface area contributed by atoms with Gasteiger partial charge in [-0.1, -0.05) is 12.1 Å². The van der Waals surface area contributed by atoms with Crippen LogP contribution in [0.5, 0.6) is 23.0 Å². The maximum absolute atomic E-state index is 12.3. The Balaban J connectivity index is 1.71. The number of carboxylic acid groups (broad SMARTS) is 1. The lowest BCUT2D eigenvalue weighted by Gasteiger charge is -2.40. The number of ether oxygens (including phenoxy) is 2. The molecule has 0 bridgehead atoms. The third-order valence-corrected chi connectivity index (χ3v) is 5.60. The van der Waals surface area contributed by atoms with Crippen molar-refractivity contribution in [3.8, 4) is 23.0 Å². The zero-order valence-corrected chi connectivity index (χ0v) is 19.1.